The number of nitrogens with zero attached hydrogens (tertiary/aromatic N) is 2. The molecule has 7 nitrogen and oxygen atoms in total. The molecule has 3 heterocycles. The lowest BCUT2D eigenvalue weighted by Gasteiger charge is -2.18. The Morgan fingerprint density at radius 3 is 2.69 bits per heavy atom. The fraction of sp³-hybridized carbons (Fsp3) is 0.182. The highest BCUT2D eigenvalue weighted by Crippen LogP contribution is 2.28. The van der Waals surface area contributed by atoms with Crippen molar-refractivity contribution in [3.05, 3.63) is 85.2 Å². The quantitative estimate of drug-likeness (QED) is 0.434. The molecule has 0 saturated heterocycles. The second-order valence-corrected chi connectivity index (χ2v) is 9.02. The van der Waals surface area contributed by atoms with E-state index >= 15 is 0 Å². The van der Waals surface area contributed by atoms with E-state index in [4.69, 9.17) is 4.74 Å². The van der Waals surface area contributed by atoms with Gasteiger partial charge in [0, 0.05) is 11.9 Å². The van der Waals surface area contributed by atoms with Crippen LogP contribution in [0.1, 0.15) is 31.7 Å². The van der Waals surface area contributed by atoms with E-state index in [1.165, 1.54) is 34.4 Å². The van der Waals surface area contributed by atoms with Crippen LogP contribution in [0, 0.1) is 12.7 Å². The Labute approximate surface area is 190 Å². The van der Waals surface area contributed by atoms with Crippen molar-refractivity contribution in [2.24, 2.45) is 7.05 Å². The number of nitrogens with one attached hydrogen (secondary N) is 1. The van der Waals surface area contributed by atoms with E-state index in [0.717, 1.165) is 16.2 Å². The van der Waals surface area contributed by atoms with Gasteiger partial charge in [-0.25, -0.2) is 14.2 Å². The molecule has 0 aliphatic rings. The zero-order valence-corrected chi connectivity index (χ0v) is 18.8. The zero-order valence-electron chi connectivity index (χ0n) is 17.1. The van der Waals surface area contributed by atoms with Crippen molar-refractivity contribution >= 4 is 44.8 Å². The lowest BCUT2D eigenvalue weighted by atomic mass is 10.1. The maximum atomic E-state index is 13.3. The molecule has 0 fully saturated rings. The van der Waals surface area contributed by atoms with Crippen LogP contribution >= 0.6 is 22.7 Å². The zero-order chi connectivity index (χ0) is 22.8. The number of ether oxygens (including phenoxy) is 1. The summed E-state index contributed by atoms with van der Waals surface area (Å²) >= 11 is 2.50. The molecule has 10 heteroatoms. The number of carbonyl (C=O) groups is 2. The van der Waals surface area contributed by atoms with Crippen LogP contribution in [0.5, 0.6) is 0 Å². The molecule has 164 valence electrons. The lowest BCUT2D eigenvalue weighted by molar-refractivity contribution is -0.124. The van der Waals surface area contributed by atoms with Crippen LogP contribution in [0.2, 0.25) is 0 Å². The number of aromatic nitrogens is 2. The van der Waals surface area contributed by atoms with Crippen molar-refractivity contribution < 1.29 is 18.7 Å². The molecule has 1 unspecified atom stereocenters. The molecule has 4 aromatic rings. The summed E-state index contributed by atoms with van der Waals surface area (Å²) in [5.41, 5.74) is 0.932. The van der Waals surface area contributed by atoms with E-state index in [0.29, 0.717) is 21.3 Å². The average molecular weight is 472 g/mol. The molecule has 3 aromatic heterocycles. The second-order valence-electron chi connectivity index (χ2n) is 7.04. The van der Waals surface area contributed by atoms with Gasteiger partial charge in [0.2, 0.25) is 0 Å². The van der Waals surface area contributed by atoms with Crippen LogP contribution < -0.4 is 10.9 Å². The summed E-state index contributed by atoms with van der Waals surface area (Å²) in [4.78, 5) is 43.2. The van der Waals surface area contributed by atoms with Gasteiger partial charge in [-0.1, -0.05) is 18.2 Å². The Morgan fingerprint density at radius 2 is 2.00 bits per heavy atom. The highest BCUT2D eigenvalue weighted by Gasteiger charge is 2.22. The average Bonchev–Trinajstić information content (AvgIpc) is 3.42. The lowest BCUT2D eigenvalue weighted by Crippen LogP contribution is -2.32. The van der Waals surface area contributed by atoms with Crippen LogP contribution in [0.3, 0.4) is 0 Å². The van der Waals surface area contributed by atoms with Crippen molar-refractivity contribution in [2.75, 3.05) is 6.61 Å². The van der Waals surface area contributed by atoms with E-state index in [9.17, 15) is 18.8 Å². The monoisotopic (exact) mass is 471 g/mol. The molecule has 1 amide bonds. The third-order valence-corrected chi connectivity index (χ3v) is 6.98. The van der Waals surface area contributed by atoms with E-state index < -0.39 is 24.5 Å². The second kappa shape index (κ2) is 9.01. The number of rotatable bonds is 6. The van der Waals surface area contributed by atoms with Gasteiger partial charge >= 0.3 is 5.97 Å². The predicted molar refractivity (Wildman–Crippen MR) is 121 cm³/mol. The van der Waals surface area contributed by atoms with Crippen molar-refractivity contribution in [3.63, 3.8) is 0 Å². The molecule has 1 N–H and O–H groups in total. The van der Waals surface area contributed by atoms with E-state index in [1.54, 1.807) is 26.1 Å². The Bertz CT molecular complexity index is 1340. The number of thiophene rings is 2. The van der Waals surface area contributed by atoms with Gasteiger partial charge in [-0.15, -0.1) is 22.7 Å². The minimum absolute atomic E-state index is 0.233. The fourth-order valence-corrected chi connectivity index (χ4v) is 5.07. The molecule has 1 atom stereocenters. The van der Waals surface area contributed by atoms with Gasteiger partial charge in [0.05, 0.1) is 17.8 Å². The van der Waals surface area contributed by atoms with Gasteiger partial charge in [0.25, 0.3) is 11.5 Å². The molecular formula is C22H18FN3O4S2. The smallest absolute Gasteiger partial charge is 0.349 e. The third kappa shape index (κ3) is 4.32. The predicted octanol–water partition coefficient (Wildman–Crippen LogP) is 3.57. The number of halogens is 1. The molecule has 0 saturated carbocycles. The highest BCUT2D eigenvalue weighted by molar-refractivity contribution is 7.20. The molecular weight excluding hydrogens is 453 g/mol. The normalized spacial score (nSPS) is 12.0. The summed E-state index contributed by atoms with van der Waals surface area (Å²) in [7, 11) is 1.58. The summed E-state index contributed by atoms with van der Waals surface area (Å²) < 4.78 is 19.9. The largest absolute Gasteiger partial charge is 0.451 e. The number of benzene rings is 1. The minimum Gasteiger partial charge on any atom is -0.451 e. The molecule has 1 aromatic carbocycles. The summed E-state index contributed by atoms with van der Waals surface area (Å²) in [5, 5.41) is 5.07. The van der Waals surface area contributed by atoms with E-state index in [1.807, 2.05) is 17.5 Å². The molecule has 0 aliphatic carbocycles. The van der Waals surface area contributed by atoms with Gasteiger partial charge in [0.1, 0.15) is 15.5 Å². The minimum atomic E-state index is -0.697. The molecule has 0 bridgehead atoms. The van der Waals surface area contributed by atoms with Gasteiger partial charge in [-0.3, -0.25) is 9.59 Å². The van der Waals surface area contributed by atoms with Crippen molar-refractivity contribution in [3.8, 4) is 0 Å². The number of fused-ring (bicyclic) bond motifs is 1. The SMILES string of the molecule is Cc1c(C(=O)OCC(=O)NC(c2ccc(F)cc2)c2cccs2)sc2ncn(C)c(=O)c12. The molecule has 0 aliphatic heterocycles. The van der Waals surface area contributed by atoms with Crippen LogP contribution in [-0.4, -0.2) is 28.0 Å². The summed E-state index contributed by atoms with van der Waals surface area (Å²) in [6.07, 6.45) is 1.39. The number of esters is 1. The van der Waals surface area contributed by atoms with Gasteiger partial charge in [-0.05, 0) is 41.6 Å². The topological polar surface area (TPSA) is 90.3 Å². The Balaban J connectivity index is 1.48. The van der Waals surface area contributed by atoms with Crippen molar-refractivity contribution in [1.82, 2.24) is 14.9 Å². The number of hydrogen-bond donors (Lipinski definition) is 1. The van der Waals surface area contributed by atoms with E-state index in [2.05, 4.69) is 10.3 Å². The van der Waals surface area contributed by atoms with Crippen LogP contribution in [-0.2, 0) is 16.6 Å². The standard InChI is InChI=1S/C22H18FN3O4S2/c1-12-17-20(24-11-26(2)21(17)28)32-19(12)22(29)30-10-16(27)25-18(15-4-3-9-31-15)13-5-7-14(23)8-6-13/h3-9,11,18H,10H2,1-2H3,(H,25,27). The van der Waals surface area contributed by atoms with Crippen LogP contribution in [0.4, 0.5) is 4.39 Å². The van der Waals surface area contributed by atoms with Gasteiger partial charge < -0.3 is 14.6 Å². The van der Waals surface area contributed by atoms with Crippen LogP contribution in [0.25, 0.3) is 10.2 Å². The Morgan fingerprint density at radius 1 is 1.25 bits per heavy atom. The first-order chi connectivity index (χ1) is 15.3. The fourth-order valence-electron chi connectivity index (χ4n) is 3.23. The number of aryl methyl sites for hydroxylation is 2. The third-order valence-electron chi connectivity index (χ3n) is 4.87. The summed E-state index contributed by atoms with van der Waals surface area (Å²) in [5.74, 6) is -1.58. The molecule has 0 spiro atoms. The summed E-state index contributed by atoms with van der Waals surface area (Å²) in [6.45, 7) is 1.15. The Kier molecular flexibility index (Phi) is 6.15. The van der Waals surface area contributed by atoms with Crippen molar-refractivity contribution in [2.45, 2.75) is 13.0 Å². The van der Waals surface area contributed by atoms with E-state index in [-0.39, 0.29) is 16.3 Å². The number of hydrogen-bond acceptors (Lipinski definition) is 7. The van der Waals surface area contributed by atoms with Gasteiger partial charge in [0.15, 0.2) is 6.61 Å². The maximum Gasteiger partial charge on any atom is 0.349 e. The molecule has 4 rings (SSSR count). The number of carbonyl (C=O) groups excluding carboxylic acids is 2. The first-order valence-electron chi connectivity index (χ1n) is 9.55. The molecule has 0 radical (unpaired) electrons. The van der Waals surface area contributed by atoms with Crippen LogP contribution in [0.15, 0.2) is 52.9 Å². The first-order valence-corrected chi connectivity index (χ1v) is 11.2. The first kappa shape index (κ1) is 21.8. The maximum absolute atomic E-state index is 13.3. The molecule has 32 heavy (non-hydrogen) atoms. The van der Waals surface area contributed by atoms with Gasteiger partial charge in [-0.2, -0.15) is 0 Å². The Hall–Kier alpha value is -3.37. The highest BCUT2D eigenvalue weighted by atomic mass is 32.1. The summed E-state index contributed by atoms with van der Waals surface area (Å²) in [6, 6.07) is 9.06. The number of amides is 1. The van der Waals surface area contributed by atoms with Crippen molar-refractivity contribution in [1.29, 1.82) is 0 Å².